The van der Waals surface area contributed by atoms with Crippen LogP contribution in [0.15, 0.2) is 112 Å². The Labute approximate surface area is 426 Å². The monoisotopic (exact) mass is 1020 g/mol. The lowest BCUT2D eigenvalue weighted by atomic mass is 9.91. The number of carbonyl (C=O) groups is 5. The van der Waals surface area contributed by atoms with Crippen molar-refractivity contribution in [3.05, 3.63) is 157 Å². The van der Waals surface area contributed by atoms with Gasteiger partial charge in [-0.2, -0.15) is 8.75 Å². The number of ether oxygens (including phenoxy) is 2. The molecule has 3 aliphatic heterocycles. The van der Waals surface area contributed by atoms with Crippen molar-refractivity contribution in [3.8, 4) is 0 Å². The number of ketones is 3. The molecule has 0 spiro atoms. The number of Topliss-reactive ketones (excluding diaryl/α,β-unsaturated/α-hetero) is 3. The molecule has 0 radical (unpaired) electrons. The van der Waals surface area contributed by atoms with Crippen LogP contribution >= 0.6 is 34.6 Å². The Morgan fingerprint density at radius 2 is 1.06 bits per heavy atom. The Morgan fingerprint density at radius 1 is 0.592 bits per heavy atom. The van der Waals surface area contributed by atoms with Crippen LogP contribution in [-0.2, 0) is 9.47 Å². The van der Waals surface area contributed by atoms with Gasteiger partial charge in [0.25, 0.3) is 0 Å². The third kappa shape index (κ3) is 15.6. The molecule has 0 amide bonds. The molecule has 3 aromatic carbocycles. The summed E-state index contributed by atoms with van der Waals surface area (Å²) in [6, 6.07) is 29.9. The minimum absolute atomic E-state index is 0.112. The predicted octanol–water partition coefficient (Wildman–Crippen LogP) is 8.92. The molecule has 3 unspecified atom stereocenters. The summed E-state index contributed by atoms with van der Waals surface area (Å²) in [5, 5.41) is 0. The summed E-state index contributed by atoms with van der Waals surface area (Å²) in [5.41, 5.74) is 4.13. The minimum Gasteiger partial charge on any atom is -0.462 e. The van der Waals surface area contributed by atoms with E-state index < -0.39 is 0 Å². The van der Waals surface area contributed by atoms with Gasteiger partial charge in [0.1, 0.15) is 9.75 Å². The number of benzene rings is 3. The highest BCUT2D eigenvalue weighted by Crippen LogP contribution is 2.32. The molecule has 3 atom stereocenters. The van der Waals surface area contributed by atoms with E-state index in [1.807, 2.05) is 97.1 Å². The molecule has 71 heavy (non-hydrogen) atoms. The van der Waals surface area contributed by atoms with E-state index >= 15 is 0 Å². The SMILES string of the molecule is CCOC(=O)c1cc(C2CCCN(CC(=O)c3ccccc3)C2)ns1.CCOC(=O)c1sncc1C1CCCN(CC(=O)c2ccccc2)C1.O=C(CN1CCCC(c2nsc(=O)o2)C1)c1ccccc1. The van der Waals surface area contributed by atoms with Gasteiger partial charge in [0, 0.05) is 71.5 Å². The van der Waals surface area contributed by atoms with Crippen molar-refractivity contribution in [2.24, 2.45) is 0 Å². The van der Waals surface area contributed by atoms with Gasteiger partial charge < -0.3 is 13.9 Å². The van der Waals surface area contributed by atoms with Crippen LogP contribution in [0.5, 0.6) is 0 Å². The standard InChI is InChI=1S/2C19H22N2O3S.C15H16N2O3S/c1-2-24-19(23)18-16(11-20-25-18)15-9-6-10-21(12-15)13-17(22)14-7-4-3-5-8-14;1-2-24-19(23)18-11-16(20-25-18)15-9-6-10-21(12-15)13-17(22)14-7-4-3-5-8-14;18-13(11-5-2-1-3-6-11)10-17-8-4-7-12(9-17)14-16-21-15(19)20-14/h2*3-5,7-8,11,15H,2,6,9-10,12-13H2,1H3;1-3,5-6,12H,4,7-10H2. The van der Waals surface area contributed by atoms with Gasteiger partial charge in [-0.25, -0.2) is 18.8 Å². The molecular weight excluding hydrogens is 961 g/mol. The molecule has 0 N–H and O–H groups in total. The molecule has 0 bridgehead atoms. The largest absolute Gasteiger partial charge is 0.462 e. The first-order valence-corrected chi connectivity index (χ1v) is 26.5. The lowest BCUT2D eigenvalue weighted by Gasteiger charge is -2.32. The first kappa shape index (κ1) is 52.9. The number of aromatic nitrogens is 3. The number of likely N-dealkylation sites (tertiary alicyclic amines) is 3. The van der Waals surface area contributed by atoms with Crippen molar-refractivity contribution in [1.29, 1.82) is 0 Å². The molecule has 9 rings (SSSR count). The molecule has 3 aliphatic rings. The van der Waals surface area contributed by atoms with Crippen molar-refractivity contribution in [3.63, 3.8) is 0 Å². The zero-order valence-electron chi connectivity index (χ0n) is 40.2. The summed E-state index contributed by atoms with van der Waals surface area (Å²) in [4.78, 5) is 79.3. The zero-order valence-corrected chi connectivity index (χ0v) is 42.6. The third-order valence-electron chi connectivity index (χ3n) is 12.6. The average molecular weight is 1020 g/mol. The molecular formula is C53H60N6O9S3. The Hall–Kier alpha value is -5.89. The second-order valence-corrected chi connectivity index (χ2v) is 19.9. The van der Waals surface area contributed by atoms with Crippen molar-refractivity contribution in [1.82, 2.24) is 27.8 Å². The summed E-state index contributed by atoms with van der Waals surface area (Å²) >= 11 is 3.24. The number of hydrogen-bond acceptors (Lipinski definition) is 18. The van der Waals surface area contributed by atoms with Crippen LogP contribution in [0.2, 0.25) is 0 Å². The Kier molecular flexibility index (Phi) is 20.2. The van der Waals surface area contributed by atoms with Gasteiger partial charge in [-0.1, -0.05) is 91.0 Å². The van der Waals surface area contributed by atoms with Crippen molar-refractivity contribution in [2.45, 2.75) is 70.1 Å². The first-order valence-electron chi connectivity index (χ1n) is 24.2. The van der Waals surface area contributed by atoms with Crippen LogP contribution in [0.4, 0.5) is 0 Å². The molecule has 374 valence electrons. The quantitative estimate of drug-likeness (QED) is 0.0661. The Balaban J connectivity index is 0.000000157. The van der Waals surface area contributed by atoms with Crippen LogP contribution in [0.25, 0.3) is 0 Å². The molecule has 3 saturated heterocycles. The number of rotatable bonds is 16. The molecule has 15 nitrogen and oxygen atoms in total. The van der Waals surface area contributed by atoms with Gasteiger partial charge in [-0.05, 0) is 107 Å². The van der Waals surface area contributed by atoms with Crippen LogP contribution in [0.3, 0.4) is 0 Å². The van der Waals surface area contributed by atoms with Crippen molar-refractivity contribution >= 4 is 63.9 Å². The van der Waals surface area contributed by atoms with Crippen LogP contribution in [0.1, 0.15) is 138 Å². The van der Waals surface area contributed by atoms with E-state index in [4.69, 9.17) is 13.9 Å². The van der Waals surface area contributed by atoms with E-state index in [-0.39, 0.29) is 52.0 Å². The van der Waals surface area contributed by atoms with E-state index in [1.165, 1.54) is 23.1 Å². The second-order valence-electron chi connectivity index (χ2n) is 17.6. The lowest BCUT2D eigenvalue weighted by Crippen LogP contribution is -2.38. The molecule has 6 heterocycles. The summed E-state index contributed by atoms with van der Waals surface area (Å²) in [6.07, 6.45) is 7.77. The number of carbonyl (C=O) groups excluding carboxylic acids is 5. The zero-order chi connectivity index (χ0) is 50.0. The van der Waals surface area contributed by atoms with Gasteiger partial charge in [-0.3, -0.25) is 29.1 Å². The lowest BCUT2D eigenvalue weighted by molar-refractivity contribution is 0.0521. The van der Waals surface area contributed by atoms with Crippen molar-refractivity contribution < 1.29 is 37.9 Å². The molecule has 18 heteroatoms. The van der Waals surface area contributed by atoms with Gasteiger partial charge in [-0.15, -0.1) is 0 Å². The molecule has 0 aliphatic carbocycles. The summed E-state index contributed by atoms with van der Waals surface area (Å²) in [5.74, 6) is 0.907. The minimum atomic E-state index is -0.359. The second kappa shape index (κ2) is 27.1. The average Bonchev–Trinajstić information content (AvgIpc) is 4.21. The van der Waals surface area contributed by atoms with Crippen LogP contribution in [-0.4, -0.2) is 129 Å². The van der Waals surface area contributed by atoms with Gasteiger partial charge in [0.15, 0.2) is 17.3 Å². The number of nitrogens with zero attached hydrogens (tertiary/aromatic N) is 6. The smallest absolute Gasteiger partial charge is 0.414 e. The van der Waals surface area contributed by atoms with E-state index in [2.05, 4.69) is 27.8 Å². The van der Waals surface area contributed by atoms with Crippen LogP contribution < -0.4 is 4.94 Å². The number of esters is 2. The maximum absolute atomic E-state index is 12.4. The summed E-state index contributed by atoms with van der Waals surface area (Å²) < 4.78 is 28.0. The fourth-order valence-electron chi connectivity index (χ4n) is 9.08. The molecule has 3 fully saturated rings. The van der Waals surface area contributed by atoms with E-state index in [0.29, 0.717) is 55.0 Å². The number of piperidine rings is 3. The predicted molar refractivity (Wildman–Crippen MR) is 274 cm³/mol. The van der Waals surface area contributed by atoms with Gasteiger partial charge >= 0.3 is 16.9 Å². The normalized spacial score (nSPS) is 18.5. The number of hydrogen-bond donors (Lipinski definition) is 0. The highest BCUT2D eigenvalue weighted by molar-refractivity contribution is 7.08. The van der Waals surface area contributed by atoms with Crippen molar-refractivity contribution in [2.75, 3.05) is 72.1 Å². The highest BCUT2D eigenvalue weighted by Gasteiger charge is 2.30. The third-order valence-corrected chi connectivity index (χ3v) is 14.7. The van der Waals surface area contributed by atoms with E-state index in [9.17, 15) is 28.8 Å². The van der Waals surface area contributed by atoms with Crippen LogP contribution in [0, 0.1) is 0 Å². The topological polar surface area (TPSA) is 182 Å². The first-order chi connectivity index (χ1) is 34.6. The highest BCUT2D eigenvalue weighted by atomic mass is 32.1. The molecule has 3 aromatic heterocycles. The maximum Gasteiger partial charge on any atom is 0.414 e. The van der Waals surface area contributed by atoms with E-state index in [1.54, 1.807) is 20.0 Å². The summed E-state index contributed by atoms with van der Waals surface area (Å²) in [7, 11) is 0. The van der Waals surface area contributed by atoms with Gasteiger partial charge in [0.05, 0.1) is 38.5 Å². The molecule has 0 saturated carbocycles. The Morgan fingerprint density at radius 3 is 1.55 bits per heavy atom. The fourth-order valence-corrected chi connectivity index (χ4v) is 11.0. The maximum atomic E-state index is 12.4. The van der Waals surface area contributed by atoms with Gasteiger partial charge in [0.2, 0.25) is 5.89 Å². The Bertz CT molecular complexity index is 2710. The molecule has 6 aromatic rings. The summed E-state index contributed by atoms with van der Waals surface area (Å²) in [6.45, 7) is 10.5. The fraction of sp³-hybridized carbons (Fsp3) is 0.415. The van der Waals surface area contributed by atoms with E-state index in [0.717, 1.165) is 111 Å².